The quantitative estimate of drug-likeness (QED) is 0.642. The van der Waals surface area contributed by atoms with Crippen LogP contribution in [0.5, 0.6) is 0 Å². The first kappa shape index (κ1) is 18.1. The van der Waals surface area contributed by atoms with Crippen molar-refractivity contribution < 1.29 is 13.2 Å². The Morgan fingerprint density at radius 1 is 1.24 bits per heavy atom. The van der Waals surface area contributed by atoms with Crippen LogP contribution >= 0.6 is 0 Å². The maximum Gasteiger partial charge on any atom is 0.240 e. The fourth-order valence-corrected chi connectivity index (χ4v) is 2.86. The van der Waals surface area contributed by atoms with E-state index >= 15 is 0 Å². The van der Waals surface area contributed by atoms with Crippen molar-refractivity contribution in [2.45, 2.75) is 31.6 Å². The average molecular weight is 314 g/mol. The molecule has 0 amide bonds. The number of nitrogens with two attached hydrogens (primary N) is 1. The summed E-state index contributed by atoms with van der Waals surface area (Å²) in [6, 6.07) is 6.82. The lowest BCUT2D eigenvalue weighted by Gasteiger charge is -2.09. The first-order valence-electron chi connectivity index (χ1n) is 7.32. The van der Waals surface area contributed by atoms with Crippen LogP contribution < -0.4 is 10.5 Å². The van der Waals surface area contributed by atoms with Crippen LogP contribution in [0, 0.1) is 5.92 Å². The fourth-order valence-electron chi connectivity index (χ4n) is 1.79. The Morgan fingerprint density at radius 2 is 1.90 bits per heavy atom. The van der Waals surface area contributed by atoms with E-state index < -0.39 is 10.0 Å². The van der Waals surface area contributed by atoms with Crippen LogP contribution in [0.3, 0.4) is 0 Å². The second-order valence-corrected chi connectivity index (χ2v) is 7.17. The number of benzene rings is 1. The molecule has 0 aliphatic heterocycles. The molecule has 0 fully saturated rings. The van der Waals surface area contributed by atoms with Gasteiger partial charge in [0.25, 0.3) is 0 Å². The number of rotatable bonds is 10. The highest BCUT2D eigenvalue weighted by atomic mass is 32.2. The van der Waals surface area contributed by atoms with Crippen LogP contribution in [0.15, 0.2) is 29.2 Å². The molecule has 21 heavy (non-hydrogen) atoms. The molecule has 0 atom stereocenters. The van der Waals surface area contributed by atoms with E-state index in [1.165, 1.54) is 0 Å². The van der Waals surface area contributed by atoms with Crippen molar-refractivity contribution in [2.75, 3.05) is 26.3 Å². The maximum atomic E-state index is 12.1. The highest BCUT2D eigenvalue weighted by Gasteiger charge is 2.12. The number of hydrogen-bond acceptors (Lipinski definition) is 4. The third-order valence-electron chi connectivity index (χ3n) is 2.88. The van der Waals surface area contributed by atoms with E-state index in [9.17, 15) is 8.42 Å². The summed E-state index contributed by atoms with van der Waals surface area (Å²) in [5, 5.41) is 0. The molecule has 0 spiro atoms. The average Bonchev–Trinajstić information content (AvgIpc) is 2.43. The summed E-state index contributed by atoms with van der Waals surface area (Å²) in [5.74, 6) is 0.494. The highest BCUT2D eigenvalue weighted by Crippen LogP contribution is 2.10. The van der Waals surface area contributed by atoms with Crippen molar-refractivity contribution >= 4 is 10.0 Å². The second kappa shape index (κ2) is 9.15. The van der Waals surface area contributed by atoms with Gasteiger partial charge < -0.3 is 10.5 Å². The maximum absolute atomic E-state index is 12.1. The van der Waals surface area contributed by atoms with Gasteiger partial charge in [-0.15, -0.1) is 0 Å². The lowest BCUT2D eigenvalue weighted by Crippen LogP contribution is -2.25. The number of sulfonamides is 1. The Labute approximate surface area is 127 Å². The second-order valence-electron chi connectivity index (χ2n) is 5.40. The van der Waals surface area contributed by atoms with Gasteiger partial charge in [0.05, 0.1) is 4.90 Å². The molecular formula is C15H26N2O3S. The molecule has 0 unspecified atom stereocenters. The van der Waals surface area contributed by atoms with Crippen LogP contribution in [0.4, 0.5) is 0 Å². The van der Waals surface area contributed by atoms with Crippen molar-refractivity contribution in [1.29, 1.82) is 0 Å². The molecule has 0 saturated carbocycles. The minimum absolute atomic E-state index is 0.284. The normalized spacial score (nSPS) is 12.0. The van der Waals surface area contributed by atoms with E-state index in [-0.39, 0.29) is 4.90 Å². The van der Waals surface area contributed by atoms with Crippen LogP contribution in [-0.2, 0) is 21.2 Å². The molecule has 0 aliphatic rings. The molecule has 5 nitrogen and oxygen atoms in total. The zero-order valence-electron chi connectivity index (χ0n) is 12.8. The van der Waals surface area contributed by atoms with Crippen LogP contribution in [0.2, 0.25) is 0 Å². The Kier molecular flexibility index (Phi) is 7.88. The summed E-state index contributed by atoms with van der Waals surface area (Å²) in [6.07, 6.45) is 1.41. The number of hydrogen-bond donors (Lipinski definition) is 2. The topological polar surface area (TPSA) is 81.4 Å². The molecule has 1 rings (SSSR count). The van der Waals surface area contributed by atoms with E-state index in [2.05, 4.69) is 18.6 Å². The lowest BCUT2D eigenvalue weighted by atomic mass is 10.2. The SMILES string of the molecule is CC(C)COCCCNS(=O)(=O)c1ccc(CCN)cc1. The van der Waals surface area contributed by atoms with Gasteiger partial charge in [-0.05, 0) is 43.0 Å². The standard InChI is InChI=1S/C15H26N2O3S/c1-13(2)12-20-11-3-10-17-21(18,19)15-6-4-14(5-7-15)8-9-16/h4-7,13,17H,3,8-12,16H2,1-2H3. The molecule has 0 radical (unpaired) electrons. The van der Waals surface area contributed by atoms with Gasteiger partial charge >= 0.3 is 0 Å². The largest absolute Gasteiger partial charge is 0.381 e. The summed E-state index contributed by atoms with van der Waals surface area (Å²) in [6.45, 7) is 6.37. The predicted molar refractivity (Wildman–Crippen MR) is 84.7 cm³/mol. The van der Waals surface area contributed by atoms with Crippen molar-refractivity contribution in [3.05, 3.63) is 29.8 Å². The Balaban J connectivity index is 2.39. The molecule has 0 aliphatic carbocycles. The van der Waals surface area contributed by atoms with Gasteiger partial charge in [0, 0.05) is 19.8 Å². The Morgan fingerprint density at radius 3 is 2.48 bits per heavy atom. The van der Waals surface area contributed by atoms with Crippen molar-refractivity contribution in [3.63, 3.8) is 0 Å². The van der Waals surface area contributed by atoms with Gasteiger partial charge in [0.1, 0.15) is 0 Å². The molecule has 0 saturated heterocycles. The van der Waals surface area contributed by atoms with Gasteiger partial charge in [0.15, 0.2) is 0 Å². The number of ether oxygens (including phenoxy) is 1. The summed E-state index contributed by atoms with van der Waals surface area (Å²) in [4.78, 5) is 0.284. The van der Waals surface area contributed by atoms with Crippen molar-refractivity contribution in [1.82, 2.24) is 4.72 Å². The third kappa shape index (κ3) is 7.04. The van der Waals surface area contributed by atoms with E-state index in [1.807, 2.05) is 0 Å². The molecule has 3 N–H and O–H groups in total. The molecule has 0 aromatic heterocycles. The summed E-state index contributed by atoms with van der Waals surface area (Å²) in [5.41, 5.74) is 6.51. The van der Waals surface area contributed by atoms with Crippen LogP contribution in [-0.4, -0.2) is 34.7 Å². The van der Waals surface area contributed by atoms with Crippen LogP contribution in [0.25, 0.3) is 0 Å². The van der Waals surface area contributed by atoms with Crippen LogP contribution in [0.1, 0.15) is 25.8 Å². The molecule has 0 bridgehead atoms. The molecule has 1 aromatic carbocycles. The first-order chi connectivity index (χ1) is 9.95. The third-order valence-corrected chi connectivity index (χ3v) is 4.35. The predicted octanol–water partition coefficient (Wildman–Crippen LogP) is 1.53. The fraction of sp³-hybridized carbons (Fsp3) is 0.600. The van der Waals surface area contributed by atoms with Crippen molar-refractivity contribution in [3.8, 4) is 0 Å². The molecule has 120 valence electrons. The summed E-state index contributed by atoms with van der Waals surface area (Å²) in [7, 11) is -3.43. The number of nitrogens with one attached hydrogen (secondary N) is 1. The first-order valence-corrected chi connectivity index (χ1v) is 8.80. The van der Waals surface area contributed by atoms with E-state index in [0.29, 0.717) is 38.6 Å². The summed E-state index contributed by atoms with van der Waals surface area (Å²) >= 11 is 0. The van der Waals surface area contributed by atoms with E-state index in [4.69, 9.17) is 10.5 Å². The molecular weight excluding hydrogens is 288 g/mol. The zero-order valence-corrected chi connectivity index (χ0v) is 13.7. The zero-order chi connectivity index (χ0) is 15.7. The van der Waals surface area contributed by atoms with Gasteiger partial charge in [-0.25, -0.2) is 13.1 Å². The minimum atomic E-state index is -3.43. The smallest absolute Gasteiger partial charge is 0.240 e. The highest BCUT2D eigenvalue weighted by molar-refractivity contribution is 7.89. The van der Waals surface area contributed by atoms with Gasteiger partial charge in [-0.1, -0.05) is 26.0 Å². The monoisotopic (exact) mass is 314 g/mol. The Bertz CT molecular complexity index is 498. The van der Waals surface area contributed by atoms with E-state index in [0.717, 1.165) is 12.0 Å². The summed E-state index contributed by atoms with van der Waals surface area (Å²) < 4.78 is 32.1. The minimum Gasteiger partial charge on any atom is -0.381 e. The Hall–Kier alpha value is -0.950. The molecule has 6 heteroatoms. The molecule has 1 aromatic rings. The van der Waals surface area contributed by atoms with Gasteiger partial charge in [-0.3, -0.25) is 0 Å². The van der Waals surface area contributed by atoms with E-state index in [1.54, 1.807) is 24.3 Å². The van der Waals surface area contributed by atoms with Gasteiger partial charge in [-0.2, -0.15) is 0 Å². The van der Waals surface area contributed by atoms with Gasteiger partial charge in [0.2, 0.25) is 10.0 Å². The molecule has 0 heterocycles. The lowest BCUT2D eigenvalue weighted by molar-refractivity contribution is 0.108. The van der Waals surface area contributed by atoms with Crippen molar-refractivity contribution in [2.24, 2.45) is 11.7 Å².